The first kappa shape index (κ1) is 11.2. The van der Waals surface area contributed by atoms with Crippen LogP contribution >= 0.6 is 0 Å². The molecule has 84 valence electrons. The summed E-state index contributed by atoms with van der Waals surface area (Å²) in [6.07, 6.45) is 1.13. The van der Waals surface area contributed by atoms with Crippen molar-refractivity contribution >= 4 is 10.8 Å². The fourth-order valence-corrected chi connectivity index (χ4v) is 2.24. The van der Waals surface area contributed by atoms with Gasteiger partial charge in [0, 0.05) is 0 Å². The van der Waals surface area contributed by atoms with Crippen LogP contribution in [0.25, 0.3) is 10.8 Å². The molecule has 0 aliphatic heterocycles. The molecule has 0 heterocycles. The lowest BCUT2D eigenvalue weighted by Crippen LogP contribution is -2.09. The number of fused-ring (bicyclic) bond motifs is 1. The van der Waals surface area contributed by atoms with E-state index in [4.69, 9.17) is 0 Å². The van der Waals surface area contributed by atoms with Gasteiger partial charge in [-0.3, -0.25) is 0 Å². The maximum Gasteiger partial charge on any atom is -0.0149 e. The van der Waals surface area contributed by atoms with Crippen molar-refractivity contribution in [1.29, 1.82) is 0 Å². The summed E-state index contributed by atoms with van der Waals surface area (Å²) < 4.78 is 0. The van der Waals surface area contributed by atoms with E-state index in [0.29, 0.717) is 5.41 Å². The second-order valence-corrected chi connectivity index (χ2v) is 5.82. The lowest BCUT2D eigenvalue weighted by atomic mass is 9.85. The highest BCUT2D eigenvalue weighted by atomic mass is 14.2. The number of hydrogen-bond acceptors (Lipinski definition) is 0. The van der Waals surface area contributed by atoms with Gasteiger partial charge in [0.2, 0.25) is 0 Å². The highest BCUT2D eigenvalue weighted by molar-refractivity contribution is 5.88. The van der Waals surface area contributed by atoms with E-state index >= 15 is 0 Å². The van der Waals surface area contributed by atoms with Gasteiger partial charge in [0.25, 0.3) is 0 Å². The van der Waals surface area contributed by atoms with Crippen molar-refractivity contribution in [2.75, 3.05) is 0 Å². The first-order valence-electron chi connectivity index (χ1n) is 5.95. The average molecular weight is 212 g/mol. The Balaban J connectivity index is 2.59. The summed E-state index contributed by atoms with van der Waals surface area (Å²) in [5.41, 5.74) is 3.18. The average Bonchev–Trinajstić information content (AvgIpc) is 2.21. The molecule has 2 aromatic rings. The summed E-state index contributed by atoms with van der Waals surface area (Å²) in [4.78, 5) is 0. The van der Waals surface area contributed by atoms with Crippen LogP contribution in [-0.4, -0.2) is 0 Å². The zero-order chi connectivity index (χ0) is 11.8. The Morgan fingerprint density at radius 2 is 1.50 bits per heavy atom. The van der Waals surface area contributed by atoms with Crippen LogP contribution in [0.2, 0.25) is 0 Å². The van der Waals surface area contributed by atoms with Gasteiger partial charge < -0.3 is 0 Å². The molecule has 2 aromatic carbocycles. The van der Waals surface area contributed by atoms with Crippen molar-refractivity contribution < 1.29 is 0 Å². The fourth-order valence-electron chi connectivity index (χ4n) is 2.24. The van der Waals surface area contributed by atoms with Gasteiger partial charge in [-0.15, -0.1) is 0 Å². The van der Waals surface area contributed by atoms with Crippen LogP contribution in [0, 0.1) is 12.3 Å². The monoisotopic (exact) mass is 212 g/mol. The fraction of sp³-hybridized carbons (Fsp3) is 0.375. The van der Waals surface area contributed by atoms with Gasteiger partial charge in [-0.05, 0) is 40.7 Å². The number of benzene rings is 2. The maximum absolute atomic E-state index is 2.29. The Morgan fingerprint density at radius 1 is 0.875 bits per heavy atom. The Kier molecular flexibility index (Phi) is 2.75. The van der Waals surface area contributed by atoms with Crippen LogP contribution in [0.4, 0.5) is 0 Å². The molecule has 0 radical (unpaired) electrons. The molecule has 0 aliphatic carbocycles. The Morgan fingerprint density at radius 3 is 2.12 bits per heavy atom. The topological polar surface area (TPSA) is 0 Å². The van der Waals surface area contributed by atoms with Gasteiger partial charge >= 0.3 is 0 Å². The largest absolute Gasteiger partial charge is 0.0616 e. The van der Waals surface area contributed by atoms with Gasteiger partial charge in [-0.1, -0.05) is 57.2 Å². The van der Waals surface area contributed by atoms with Gasteiger partial charge in [0.1, 0.15) is 0 Å². The third-order valence-electron chi connectivity index (χ3n) is 2.95. The van der Waals surface area contributed by atoms with Crippen molar-refractivity contribution in [3.05, 3.63) is 47.5 Å². The molecule has 0 nitrogen and oxygen atoms in total. The van der Waals surface area contributed by atoms with Crippen molar-refractivity contribution in [1.82, 2.24) is 0 Å². The van der Waals surface area contributed by atoms with Crippen molar-refractivity contribution in [3.63, 3.8) is 0 Å². The van der Waals surface area contributed by atoms with Gasteiger partial charge in [-0.2, -0.15) is 0 Å². The SMILES string of the molecule is Cc1ccc(CC(C)(C)C)c2ccccc12. The molecule has 0 amide bonds. The van der Waals surface area contributed by atoms with Crippen molar-refractivity contribution in [2.45, 2.75) is 34.1 Å². The van der Waals surface area contributed by atoms with Crippen LogP contribution < -0.4 is 0 Å². The van der Waals surface area contributed by atoms with E-state index in [2.05, 4.69) is 64.1 Å². The van der Waals surface area contributed by atoms with Gasteiger partial charge in [0.15, 0.2) is 0 Å². The molecule has 0 saturated carbocycles. The Bertz CT molecular complexity index is 501. The molecule has 0 fully saturated rings. The summed E-state index contributed by atoms with van der Waals surface area (Å²) in [7, 11) is 0. The summed E-state index contributed by atoms with van der Waals surface area (Å²) in [6.45, 7) is 9.06. The quantitative estimate of drug-likeness (QED) is 0.640. The van der Waals surface area contributed by atoms with Crippen LogP contribution in [-0.2, 0) is 6.42 Å². The first-order chi connectivity index (χ1) is 7.47. The molecule has 0 N–H and O–H groups in total. The predicted molar refractivity (Wildman–Crippen MR) is 71.8 cm³/mol. The standard InChI is InChI=1S/C16H20/c1-12-9-10-13(11-16(2,3)4)15-8-6-5-7-14(12)15/h5-10H,11H2,1-4H3. The van der Waals surface area contributed by atoms with E-state index in [1.807, 2.05) is 0 Å². The first-order valence-corrected chi connectivity index (χ1v) is 5.95. The molecule has 0 atom stereocenters. The van der Waals surface area contributed by atoms with E-state index in [1.54, 1.807) is 0 Å². The summed E-state index contributed by atoms with van der Waals surface area (Å²) in [6, 6.07) is 13.2. The minimum absolute atomic E-state index is 0.345. The number of hydrogen-bond donors (Lipinski definition) is 0. The molecule has 0 unspecified atom stereocenters. The smallest absolute Gasteiger partial charge is 0.0149 e. The van der Waals surface area contributed by atoms with Gasteiger partial charge in [-0.25, -0.2) is 0 Å². The highest BCUT2D eigenvalue weighted by Crippen LogP contribution is 2.28. The van der Waals surface area contributed by atoms with Crippen molar-refractivity contribution in [2.24, 2.45) is 5.41 Å². The van der Waals surface area contributed by atoms with Gasteiger partial charge in [0.05, 0.1) is 0 Å². The lowest BCUT2D eigenvalue weighted by Gasteiger charge is -2.20. The molecule has 0 spiro atoms. The number of aryl methyl sites for hydroxylation is 1. The van der Waals surface area contributed by atoms with E-state index in [-0.39, 0.29) is 0 Å². The second kappa shape index (κ2) is 3.93. The van der Waals surface area contributed by atoms with E-state index < -0.39 is 0 Å². The second-order valence-electron chi connectivity index (χ2n) is 5.82. The third kappa shape index (κ3) is 2.27. The predicted octanol–water partition coefficient (Wildman–Crippen LogP) is 4.74. The zero-order valence-corrected chi connectivity index (χ0v) is 10.7. The Hall–Kier alpha value is -1.30. The Labute approximate surface area is 98.3 Å². The zero-order valence-electron chi connectivity index (χ0n) is 10.7. The maximum atomic E-state index is 2.29. The van der Waals surface area contributed by atoms with E-state index in [1.165, 1.54) is 21.9 Å². The molecule has 0 aromatic heterocycles. The molecular weight excluding hydrogens is 192 g/mol. The third-order valence-corrected chi connectivity index (χ3v) is 2.95. The summed E-state index contributed by atoms with van der Waals surface area (Å²) >= 11 is 0. The van der Waals surface area contributed by atoms with Crippen LogP contribution in [0.3, 0.4) is 0 Å². The molecule has 0 saturated heterocycles. The number of rotatable bonds is 1. The van der Waals surface area contributed by atoms with Crippen molar-refractivity contribution in [3.8, 4) is 0 Å². The molecular formula is C16H20. The van der Waals surface area contributed by atoms with Crippen LogP contribution in [0.15, 0.2) is 36.4 Å². The molecule has 0 bridgehead atoms. The summed E-state index contributed by atoms with van der Waals surface area (Å²) in [5.74, 6) is 0. The minimum Gasteiger partial charge on any atom is -0.0616 e. The molecule has 0 heteroatoms. The van der Waals surface area contributed by atoms with Crippen LogP contribution in [0.5, 0.6) is 0 Å². The molecule has 16 heavy (non-hydrogen) atoms. The normalized spacial score (nSPS) is 12.0. The van der Waals surface area contributed by atoms with E-state index in [0.717, 1.165) is 6.42 Å². The minimum atomic E-state index is 0.345. The highest BCUT2D eigenvalue weighted by Gasteiger charge is 2.13. The molecule has 0 aliphatic rings. The molecule has 2 rings (SSSR count). The van der Waals surface area contributed by atoms with E-state index in [9.17, 15) is 0 Å². The lowest BCUT2D eigenvalue weighted by molar-refractivity contribution is 0.412. The van der Waals surface area contributed by atoms with Crippen LogP contribution in [0.1, 0.15) is 31.9 Å². The summed E-state index contributed by atoms with van der Waals surface area (Å²) in [5, 5.41) is 2.81.